The molecule has 0 aliphatic heterocycles. The second-order valence-corrected chi connectivity index (χ2v) is 6.68. The van der Waals surface area contributed by atoms with E-state index in [0.717, 1.165) is 5.56 Å². The highest BCUT2D eigenvalue weighted by atomic mass is 32.1. The Balaban J connectivity index is 2.10. The van der Waals surface area contributed by atoms with Crippen molar-refractivity contribution in [1.29, 1.82) is 0 Å². The minimum absolute atomic E-state index is 0.0933. The van der Waals surface area contributed by atoms with Crippen molar-refractivity contribution >= 4 is 22.9 Å². The SMILES string of the molecule is Cc1ccc(NN)c(C(=O)NCC(C)(C)c2cccs2)c1. The van der Waals surface area contributed by atoms with E-state index in [1.54, 1.807) is 11.3 Å². The van der Waals surface area contributed by atoms with E-state index in [9.17, 15) is 4.79 Å². The normalized spacial score (nSPS) is 11.2. The largest absolute Gasteiger partial charge is 0.351 e. The average Bonchev–Trinajstić information content (AvgIpc) is 3.00. The van der Waals surface area contributed by atoms with Gasteiger partial charge in [0, 0.05) is 16.8 Å². The number of nitrogen functional groups attached to an aromatic ring is 1. The van der Waals surface area contributed by atoms with Gasteiger partial charge in [-0.15, -0.1) is 11.3 Å². The van der Waals surface area contributed by atoms with E-state index in [-0.39, 0.29) is 11.3 Å². The van der Waals surface area contributed by atoms with Gasteiger partial charge in [-0.3, -0.25) is 10.6 Å². The Kier molecular flexibility index (Phi) is 4.65. The quantitative estimate of drug-likeness (QED) is 0.587. The fourth-order valence-electron chi connectivity index (χ4n) is 2.12. The van der Waals surface area contributed by atoms with Gasteiger partial charge in [0.2, 0.25) is 0 Å². The average molecular weight is 303 g/mol. The minimum Gasteiger partial charge on any atom is -0.351 e. The van der Waals surface area contributed by atoms with Crippen LogP contribution in [0.5, 0.6) is 0 Å². The number of benzene rings is 1. The number of nitrogens with one attached hydrogen (secondary N) is 2. The van der Waals surface area contributed by atoms with Crippen molar-refractivity contribution in [3.63, 3.8) is 0 Å². The monoisotopic (exact) mass is 303 g/mol. The Labute approximate surface area is 129 Å². The number of amides is 1. The Morgan fingerprint density at radius 3 is 2.71 bits per heavy atom. The molecule has 1 aromatic carbocycles. The van der Waals surface area contributed by atoms with E-state index in [1.165, 1.54) is 4.88 Å². The lowest BCUT2D eigenvalue weighted by Crippen LogP contribution is -2.36. The predicted octanol–water partition coefficient (Wildman–Crippen LogP) is 3.05. The summed E-state index contributed by atoms with van der Waals surface area (Å²) in [7, 11) is 0. The van der Waals surface area contributed by atoms with Gasteiger partial charge in [-0.1, -0.05) is 31.5 Å². The lowest BCUT2D eigenvalue weighted by molar-refractivity contribution is 0.0946. The molecule has 0 atom stereocenters. The van der Waals surface area contributed by atoms with E-state index in [4.69, 9.17) is 5.84 Å². The number of hydrogen-bond donors (Lipinski definition) is 3. The van der Waals surface area contributed by atoms with Crippen LogP contribution in [-0.4, -0.2) is 12.5 Å². The number of carbonyl (C=O) groups is 1. The van der Waals surface area contributed by atoms with Gasteiger partial charge in [0.1, 0.15) is 0 Å². The molecule has 2 aromatic rings. The maximum atomic E-state index is 12.4. The fourth-order valence-corrected chi connectivity index (χ4v) is 2.97. The summed E-state index contributed by atoms with van der Waals surface area (Å²) in [5.41, 5.74) is 4.70. The smallest absolute Gasteiger partial charge is 0.253 e. The van der Waals surface area contributed by atoms with Gasteiger partial charge in [-0.25, -0.2) is 0 Å². The molecule has 0 bridgehead atoms. The molecule has 4 nitrogen and oxygen atoms in total. The molecule has 0 spiro atoms. The first-order valence-corrected chi connectivity index (χ1v) is 7.71. The number of thiophene rings is 1. The van der Waals surface area contributed by atoms with Crippen molar-refractivity contribution < 1.29 is 4.79 Å². The van der Waals surface area contributed by atoms with Crippen LogP contribution >= 0.6 is 11.3 Å². The van der Waals surface area contributed by atoms with Gasteiger partial charge in [-0.05, 0) is 30.5 Å². The third-order valence-electron chi connectivity index (χ3n) is 3.45. The summed E-state index contributed by atoms with van der Waals surface area (Å²) in [6.07, 6.45) is 0. The summed E-state index contributed by atoms with van der Waals surface area (Å²) >= 11 is 1.70. The number of nitrogens with two attached hydrogens (primary N) is 1. The molecule has 0 radical (unpaired) electrons. The van der Waals surface area contributed by atoms with Crippen LogP contribution in [-0.2, 0) is 5.41 Å². The molecule has 1 amide bonds. The summed E-state index contributed by atoms with van der Waals surface area (Å²) < 4.78 is 0. The first-order valence-electron chi connectivity index (χ1n) is 6.83. The summed E-state index contributed by atoms with van der Waals surface area (Å²) in [4.78, 5) is 13.6. The Hall–Kier alpha value is -1.85. The summed E-state index contributed by atoms with van der Waals surface area (Å²) in [5.74, 6) is 5.35. The van der Waals surface area contributed by atoms with E-state index in [2.05, 4.69) is 36.0 Å². The topological polar surface area (TPSA) is 67.1 Å². The Bertz CT molecular complexity index is 620. The lowest BCUT2D eigenvalue weighted by atomic mass is 9.91. The highest BCUT2D eigenvalue weighted by Gasteiger charge is 2.23. The van der Waals surface area contributed by atoms with Crippen molar-refractivity contribution in [2.24, 2.45) is 5.84 Å². The van der Waals surface area contributed by atoms with Crippen molar-refractivity contribution in [3.05, 3.63) is 51.7 Å². The number of hydrogen-bond acceptors (Lipinski definition) is 4. The molecule has 2 rings (SSSR count). The van der Waals surface area contributed by atoms with Crippen LogP contribution in [0.25, 0.3) is 0 Å². The number of anilines is 1. The highest BCUT2D eigenvalue weighted by Crippen LogP contribution is 2.27. The molecular formula is C16H21N3OS. The molecule has 0 saturated heterocycles. The van der Waals surface area contributed by atoms with Gasteiger partial charge in [0.15, 0.2) is 0 Å². The number of rotatable bonds is 5. The van der Waals surface area contributed by atoms with E-state index in [0.29, 0.717) is 17.8 Å². The van der Waals surface area contributed by atoms with Crippen molar-refractivity contribution in [1.82, 2.24) is 5.32 Å². The standard InChI is InChI=1S/C16H21N3OS/c1-11-6-7-13(19-17)12(9-11)15(20)18-10-16(2,3)14-5-4-8-21-14/h4-9,19H,10,17H2,1-3H3,(H,18,20). The predicted molar refractivity (Wildman–Crippen MR) is 88.7 cm³/mol. The molecule has 5 heteroatoms. The van der Waals surface area contributed by atoms with Crippen LogP contribution < -0.4 is 16.6 Å². The molecule has 0 aliphatic carbocycles. The van der Waals surface area contributed by atoms with Gasteiger partial charge in [0.25, 0.3) is 5.91 Å². The summed E-state index contributed by atoms with van der Waals surface area (Å²) in [6, 6.07) is 9.69. The first-order chi connectivity index (χ1) is 9.94. The maximum Gasteiger partial charge on any atom is 0.253 e. The molecule has 1 heterocycles. The molecule has 4 N–H and O–H groups in total. The van der Waals surface area contributed by atoms with Crippen molar-refractivity contribution in [3.8, 4) is 0 Å². The lowest BCUT2D eigenvalue weighted by Gasteiger charge is -2.24. The van der Waals surface area contributed by atoms with Gasteiger partial charge < -0.3 is 10.7 Å². The number of hydrazine groups is 1. The molecular weight excluding hydrogens is 282 g/mol. The summed E-state index contributed by atoms with van der Waals surface area (Å²) in [6.45, 7) is 6.77. The second-order valence-electron chi connectivity index (χ2n) is 5.74. The minimum atomic E-state index is -0.115. The number of carbonyl (C=O) groups excluding carboxylic acids is 1. The Morgan fingerprint density at radius 2 is 2.10 bits per heavy atom. The van der Waals surface area contributed by atoms with Gasteiger partial charge in [0.05, 0.1) is 11.3 Å². The van der Waals surface area contributed by atoms with Crippen LogP contribution in [0, 0.1) is 6.92 Å². The zero-order valence-corrected chi connectivity index (χ0v) is 13.4. The van der Waals surface area contributed by atoms with Crippen LogP contribution in [0.15, 0.2) is 35.7 Å². The van der Waals surface area contributed by atoms with Gasteiger partial charge >= 0.3 is 0 Å². The molecule has 0 unspecified atom stereocenters. The fraction of sp³-hybridized carbons (Fsp3) is 0.312. The van der Waals surface area contributed by atoms with Crippen molar-refractivity contribution in [2.45, 2.75) is 26.2 Å². The van der Waals surface area contributed by atoms with Crippen LogP contribution in [0.1, 0.15) is 34.6 Å². The van der Waals surface area contributed by atoms with E-state index in [1.807, 2.05) is 31.2 Å². The van der Waals surface area contributed by atoms with E-state index < -0.39 is 0 Å². The molecule has 112 valence electrons. The molecule has 0 aliphatic rings. The molecule has 21 heavy (non-hydrogen) atoms. The first kappa shape index (κ1) is 15.5. The summed E-state index contributed by atoms with van der Waals surface area (Å²) in [5, 5.41) is 5.05. The molecule has 0 saturated carbocycles. The third kappa shape index (κ3) is 3.62. The van der Waals surface area contributed by atoms with Crippen LogP contribution in [0.3, 0.4) is 0 Å². The Morgan fingerprint density at radius 1 is 1.33 bits per heavy atom. The zero-order valence-electron chi connectivity index (χ0n) is 12.6. The maximum absolute atomic E-state index is 12.4. The zero-order chi connectivity index (χ0) is 15.5. The third-order valence-corrected chi connectivity index (χ3v) is 4.69. The molecule has 1 aromatic heterocycles. The van der Waals surface area contributed by atoms with E-state index >= 15 is 0 Å². The van der Waals surface area contributed by atoms with Crippen molar-refractivity contribution in [2.75, 3.05) is 12.0 Å². The second kappa shape index (κ2) is 6.28. The number of aryl methyl sites for hydroxylation is 1. The van der Waals surface area contributed by atoms with Crippen LogP contribution in [0.4, 0.5) is 5.69 Å². The molecule has 0 fully saturated rings. The highest BCUT2D eigenvalue weighted by molar-refractivity contribution is 7.10. The van der Waals surface area contributed by atoms with Gasteiger partial charge in [-0.2, -0.15) is 0 Å². The van der Waals surface area contributed by atoms with Crippen LogP contribution in [0.2, 0.25) is 0 Å².